The van der Waals surface area contributed by atoms with Crippen molar-refractivity contribution >= 4 is 11.8 Å². The molecule has 0 saturated carbocycles. The first-order chi connectivity index (χ1) is 8.70. The molecule has 1 atom stereocenters. The molecule has 1 nitrogen and oxygen atoms in total. The molecule has 0 bridgehead atoms. The standard InChI is InChI=1S/C15H16FNS/c1-11-6-8-12(9-7-11)15(10-17)18-14-5-3-2-4-13(14)16/h2-9,15H,10,17H2,1H3. The van der Waals surface area contributed by atoms with Crippen LogP contribution in [0.15, 0.2) is 53.4 Å². The summed E-state index contributed by atoms with van der Waals surface area (Å²) in [6, 6.07) is 15.0. The quantitative estimate of drug-likeness (QED) is 0.844. The van der Waals surface area contributed by atoms with Crippen LogP contribution in [0, 0.1) is 12.7 Å². The van der Waals surface area contributed by atoms with Crippen LogP contribution in [0.2, 0.25) is 0 Å². The Morgan fingerprint density at radius 1 is 1.11 bits per heavy atom. The van der Waals surface area contributed by atoms with E-state index in [-0.39, 0.29) is 11.1 Å². The predicted molar refractivity (Wildman–Crippen MR) is 75.2 cm³/mol. The summed E-state index contributed by atoms with van der Waals surface area (Å²) in [7, 11) is 0. The zero-order valence-electron chi connectivity index (χ0n) is 10.3. The monoisotopic (exact) mass is 261 g/mol. The first-order valence-corrected chi connectivity index (χ1v) is 6.76. The van der Waals surface area contributed by atoms with Crippen molar-refractivity contribution in [3.8, 4) is 0 Å². The molecule has 0 aliphatic rings. The molecule has 0 fully saturated rings. The van der Waals surface area contributed by atoms with Gasteiger partial charge in [-0.2, -0.15) is 0 Å². The van der Waals surface area contributed by atoms with E-state index in [1.807, 2.05) is 13.0 Å². The maximum absolute atomic E-state index is 13.6. The van der Waals surface area contributed by atoms with Crippen LogP contribution in [0.25, 0.3) is 0 Å². The Bertz CT molecular complexity index is 510. The van der Waals surface area contributed by atoms with E-state index in [1.165, 1.54) is 23.4 Å². The summed E-state index contributed by atoms with van der Waals surface area (Å²) in [5, 5.41) is 0.0856. The highest BCUT2D eigenvalue weighted by Gasteiger charge is 2.13. The van der Waals surface area contributed by atoms with E-state index in [0.29, 0.717) is 11.4 Å². The number of hydrogen-bond acceptors (Lipinski definition) is 2. The van der Waals surface area contributed by atoms with Crippen molar-refractivity contribution in [2.75, 3.05) is 6.54 Å². The molecule has 0 spiro atoms. The molecule has 94 valence electrons. The van der Waals surface area contributed by atoms with E-state index in [1.54, 1.807) is 12.1 Å². The average Bonchev–Trinajstić information content (AvgIpc) is 2.39. The van der Waals surface area contributed by atoms with Gasteiger partial charge in [-0.15, -0.1) is 11.8 Å². The topological polar surface area (TPSA) is 26.0 Å². The van der Waals surface area contributed by atoms with Gasteiger partial charge in [-0.05, 0) is 24.6 Å². The lowest BCUT2D eigenvalue weighted by Crippen LogP contribution is -2.09. The van der Waals surface area contributed by atoms with Crippen molar-refractivity contribution in [1.82, 2.24) is 0 Å². The fourth-order valence-electron chi connectivity index (χ4n) is 1.73. The van der Waals surface area contributed by atoms with Gasteiger partial charge in [-0.3, -0.25) is 0 Å². The maximum Gasteiger partial charge on any atom is 0.136 e. The van der Waals surface area contributed by atoms with Gasteiger partial charge < -0.3 is 5.73 Å². The number of halogens is 1. The summed E-state index contributed by atoms with van der Waals surface area (Å²) in [4.78, 5) is 0.647. The Balaban J connectivity index is 2.20. The molecule has 18 heavy (non-hydrogen) atoms. The second-order valence-electron chi connectivity index (χ2n) is 4.18. The molecule has 0 amide bonds. The van der Waals surface area contributed by atoms with Crippen molar-refractivity contribution < 1.29 is 4.39 Å². The van der Waals surface area contributed by atoms with Crippen LogP contribution in [0.4, 0.5) is 4.39 Å². The second-order valence-corrected chi connectivity index (χ2v) is 5.43. The highest BCUT2D eigenvalue weighted by atomic mass is 32.2. The molecule has 0 saturated heterocycles. The lowest BCUT2D eigenvalue weighted by molar-refractivity contribution is 0.601. The van der Waals surface area contributed by atoms with Crippen molar-refractivity contribution in [2.45, 2.75) is 17.1 Å². The fraction of sp³-hybridized carbons (Fsp3) is 0.200. The first-order valence-electron chi connectivity index (χ1n) is 5.88. The summed E-state index contributed by atoms with van der Waals surface area (Å²) in [5.74, 6) is -0.187. The molecule has 0 aromatic heterocycles. The third-order valence-electron chi connectivity index (χ3n) is 2.77. The van der Waals surface area contributed by atoms with Crippen LogP contribution in [0.1, 0.15) is 16.4 Å². The van der Waals surface area contributed by atoms with Gasteiger partial charge in [0, 0.05) is 16.7 Å². The summed E-state index contributed by atoms with van der Waals surface area (Å²) in [6.07, 6.45) is 0. The lowest BCUT2D eigenvalue weighted by Gasteiger charge is -2.15. The zero-order valence-corrected chi connectivity index (χ0v) is 11.1. The van der Waals surface area contributed by atoms with Gasteiger partial charge in [0.25, 0.3) is 0 Å². The van der Waals surface area contributed by atoms with Crippen molar-refractivity contribution in [3.63, 3.8) is 0 Å². The van der Waals surface area contributed by atoms with Gasteiger partial charge in [0.05, 0.1) is 0 Å². The third-order valence-corrected chi connectivity index (χ3v) is 4.10. The number of thioether (sulfide) groups is 1. The normalized spacial score (nSPS) is 12.4. The molecule has 0 heterocycles. The fourth-order valence-corrected chi connectivity index (χ4v) is 2.76. The van der Waals surface area contributed by atoms with E-state index >= 15 is 0 Å². The third kappa shape index (κ3) is 3.12. The summed E-state index contributed by atoms with van der Waals surface area (Å²) >= 11 is 1.47. The number of nitrogens with two attached hydrogens (primary N) is 1. The van der Waals surface area contributed by atoms with E-state index in [0.717, 1.165) is 5.56 Å². The zero-order chi connectivity index (χ0) is 13.0. The first kappa shape index (κ1) is 13.1. The van der Waals surface area contributed by atoms with Gasteiger partial charge in [-0.1, -0.05) is 42.0 Å². The van der Waals surface area contributed by atoms with E-state index in [2.05, 4.69) is 24.3 Å². The highest BCUT2D eigenvalue weighted by molar-refractivity contribution is 7.99. The molecule has 2 aromatic rings. The predicted octanol–water partition coefficient (Wildman–Crippen LogP) is 3.93. The van der Waals surface area contributed by atoms with Gasteiger partial charge in [0.2, 0.25) is 0 Å². The van der Waals surface area contributed by atoms with Crippen molar-refractivity contribution in [3.05, 3.63) is 65.5 Å². The van der Waals surface area contributed by atoms with Crippen molar-refractivity contribution in [2.24, 2.45) is 5.73 Å². The minimum atomic E-state index is -0.187. The molecule has 1 unspecified atom stereocenters. The summed E-state index contributed by atoms with van der Waals surface area (Å²) in [5.41, 5.74) is 8.15. The minimum absolute atomic E-state index is 0.0856. The number of aryl methyl sites for hydroxylation is 1. The number of hydrogen-bond donors (Lipinski definition) is 1. The molecule has 3 heteroatoms. The lowest BCUT2D eigenvalue weighted by atomic mass is 10.1. The van der Waals surface area contributed by atoms with Crippen LogP contribution in [0.5, 0.6) is 0 Å². The second kappa shape index (κ2) is 6.03. The summed E-state index contributed by atoms with van der Waals surface area (Å²) in [6.45, 7) is 2.54. The van der Waals surface area contributed by atoms with Crippen LogP contribution in [-0.2, 0) is 0 Å². The average molecular weight is 261 g/mol. The number of rotatable bonds is 4. The van der Waals surface area contributed by atoms with Gasteiger partial charge in [-0.25, -0.2) is 4.39 Å². The molecular formula is C15H16FNS. The highest BCUT2D eigenvalue weighted by Crippen LogP contribution is 2.35. The van der Waals surface area contributed by atoms with Crippen LogP contribution >= 0.6 is 11.8 Å². The van der Waals surface area contributed by atoms with E-state index in [9.17, 15) is 4.39 Å². The van der Waals surface area contributed by atoms with Gasteiger partial charge >= 0.3 is 0 Å². The molecule has 2 rings (SSSR count). The van der Waals surface area contributed by atoms with Gasteiger partial charge in [0.15, 0.2) is 0 Å². The van der Waals surface area contributed by atoms with Crippen molar-refractivity contribution in [1.29, 1.82) is 0 Å². The Hall–Kier alpha value is -1.32. The summed E-state index contributed by atoms with van der Waals surface area (Å²) < 4.78 is 13.6. The smallest absolute Gasteiger partial charge is 0.136 e. The molecule has 0 radical (unpaired) electrons. The minimum Gasteiger partial charge on any atom is -0.329 e. The molecule has 0 aliphatic heterocycles. The SMILES string of the molecule is Cc1ccc(C(CN)Sc2ccccc2F)cc1. The number of benzene rings is 2. The molecule has 2 N–H and O–H groups in total. The van der Waals surface area contributed by atoms with Crippen LogP contribution in [0.3, 0.4) is 0 Å². The molecule has 2 aromatic carbocycles. The maximum atomic E-state index is 13.6. The Morgan fingerprint density at radius 3 is 2.39 bits per heavy atom. The van der Waals surface area contributed by atoms with E-state index in [4.69, 9.17) is 5.73 Å². The largest absolute Gasteiger partial charge is 0.329 e. The van der Waals surface area contributed by atoms with Crippen LogP contribution in [-0.4, -0.2) is 6.54 Å². The Labute approximate surface area is 111 Å². The van der Waals surface area contributed by atoms with Crippen LogP contribution < -0.4 is 5.73 Å². The molecular weight excluding hydrogens is 245 g/mol. The van der Waals surface area contributed by atoms with Gasteiger partial charge in [0.1, 0.15) is 5.82 Å². The van der Waals surface area contributed by atoms with E-state index < -0.39 is 0 Å². The molecule has 0 aliphatic carbocycles. The Kier molecular flexibility index (Phi) is 4.39. The Morgan fingerprint density at radius 2 is 1.78 bits per heavy atom.